The van der Waals surface area contributed by atoms with Crippen molar-refractivity contribution in [2.75, 3.05) is 5.01 Å². The fraction of sp³-hybridized carbons (Fsp3) is 0.200. The van der Waals surface area contributed by atoms with Crippen LogP contribution in [0.25, 0.3) is 0 Å². The van der Waals surface area contributed by atoms with Gasteiger partial charge in [0.1, 0.15) is 11.5 Å². The number of hydrazone groups is 1. The van der Waals surface area contributed by atoms with Crippen LogP contribution in [-0.4, -0.2) is 23.4 Å². The van der Waals surface area contributed by atoms with Gasteiger partial charge in [0.05, 0.1) is 5.69 Å². The van der Waals surface area contributed by atoms with E-state index in [1.54, 1.807) is 0 Å². The summed E-state index contributed by atoms with van der Waals surface area (Å²) in [5.41, 5.74) is 7.29. The van der Waals surface area contributed by atoms with E-state index in [0.29, 0.717) is 5.69 Å². The average Bonchev–Trinajstić information content (AvgIpc) is 2.68. The maximum Gasteiger partial charge on any atom is 0.285 e. The summed E-state index contributed by atoms with van der Waals surface area (Å²) in [6.45, 7) is 3.76. The molecule has 0 spiro atoms. The first kappa shape index (κ1) is 19.2. The van der Waals surface area contributed by atoms with E-state index < -0.39 is 17.6 Å². The highest BCUT2D eigenvalue weighted by Crippen LogP contribution is 2.25. The molecule has 2 aromatic rings. The molecule has 3 amide bonds. The van der Waals surface area contributed by atoms with Crippen LogP contribution in [0.3, 0.4) is 0 Å². The van der Waals surface area contributed by atoms with E-state index in [1.165, 1.54) is 17.1 Å². The van der Waals surface area contributed by atoms with Crippen LogP contribution < -0.4 is 15.9 Å². The Morgan fingerprint density at radius 3 is 2.39 bits per heavy atom. The summed E-state index contributed by atoms with van der Waals surface area (Å²) >= 11 is 0. The summed E-state index contributed by atoms with van der Waals surface area (Å²) in [5, 5.41) is 5.41. The second-order valence-corrected chi connectivity index (χ2v) is 6.46. The maximum absolute atomic E-state index is 12.9. The van der Waals surface area contributed by atoms with Gasteiger partial charge in [0.15, 0.2) is 0 Å². The average molecular weight is 382 g/mol. The Morgan fingerprint density at radius 2 is 1.68 bits per heavy atom. The molecular weight excluding hydrogens is 363 g/mol. The molecule has 0 fully saturated rings. The zero-order valence-corrected chi connectivity index (χ0v) is 15.5. The lowest BCUT2D eigenvalue weighted by molar-refractivity contribution is -0.119. The maximum atomic E-state index is 12.9. The molecule has 0 bridgehead atoms. The fourth-order valence-electron chi connectivity index (χ4n) is 2.71. The van der Waals surface area contributed by atoms with E-state index >= 15 is 0 Å². The van der Waals surface area contributed by atoms with Gasteiger partial charge >= 0.3 is 0 Å². The fourth-order valence-corrected chi connectivity index (χ4v) is 2.71. The Labute approximate surface area is 161 Å². The number of anilines is 1. The van der Waals surface area contributed by atoms with E-state index in [-0.39, 0.29) is 30.0 Å². The number of rotatable bonds is 3. The van der Waals surface area contributed by atoms with Crippen molar-refractivity contribution in [1.82, 2.24) is 10.9 Å². The van der Waals surface area contributed by atoms with Gasteiger partial charge in [-0.2, -0.15) is 5.10 Å². The molecule has 3 rings (SSSR count). The van der Waals surface area contributed by atoms with Crippen molar-refractivity contribution in [3.8, 4) is 0 Å². The first-order chi connectivity index (χ1) is 13.3. The minimum absolute atomic E-state index is 0.125. The molecule has 7 nitrogen and oxygen atoms in total. The second kappa shape index (κ2) is 7.99. The molecule has 8 heteroatoms. The zero-order valence-electron chi connectivity index (χ0n) is 15.5. The third kappa shape index (κ3) is 4.22. The van der Waals surface area contributed by atoms with Crippen molar-refractivity contribution < 1.29 is 18.8 Å². The van der Waals surface area contributed by atoms with Crippen LogP contribution in [-0.2, 0) is 9.59 Å². The highest BCUT2D eigenvalue weighted by atomic mass is 19.1. The van der Waals surface area contributed by atoms with Gasteiger partial charge in [-0.3, -0.25) is 25.2 Å². The van der Waals surface area contributed by atoms with Crippen LogP contribution >= 0.6 is 0 Å². The number of carbonyl (C=O) groups excluding carboxylic acids is 3. The Balaban J connectivity index is 1.72. The quantitative estimate of drug-likeness (QED) is 0.799. The molecule has 0 atom stereocenters. The van der Waals surface area contributed by atoms with Crippen molar-refractivity contribution in [2.24, 2.45) is 5.10 Å². The van der Waals surface area contributed by atoms with Gasteiger partial charge in [-0.25, -0.2) is 9.40 Å². The summed E-state index contributed by atoms with van der Waals surface area (Å²) in [5.74, 6) is -1.88. The molecule has 2 N–H and O–H groups in total. The van der Waals surface area contributed by atoms with Crippen molar-refractivity contribution in [3.63, 3.8) is 0 Å². The number of nitrogens with zero attached hydrogens (tertiary/aromatic N) is 2. The number of halogens is 1. The minimum atomic E-state index is -0.613. The van der Waals surface area contributed by atoms with Gasteiger partial charge in [0, 0.05) is 18.4 Å². The third-order valence-electron chi connectivity index (χ3n) is 4.28. The van der Waals surface area contributed by atoms with E-state index in [4.69, 9.17) is 0 Å². The van der Waals surface area contributed by atoms with Crippen LogP contribution in [0.4, 0.5) is 10.1 Å². The Bertz CT molecular complexity index is 970. The largest absolute Gasteiger partial charge is 0.285 e. The Kier molecular flexibility index (Phi) is 5.49. The van der Waals surface area contributed by atoms with Crippen LogP contribution in [0.5, 0.6) is 0 Å². The van der Waals surface area contributed by atoms with Crippen molar-refractivity contribution >= 4 is 29.1 Å². The highest BCUT2D eigenvalue weighted by Gasteiger charge is 2.26. The van der Waals surface area contributed by atoms with E-state index in [9.17, 15) is 18.8 Å². The molecule has 144 valence electrons. The molecule has 1 aliphatic rings. The summed E-state index contributed by atoms with van der Waals surface area (Å²) in [6.07, 6.45) is 0.296. The molecular formula is C20H19FN4O3. The molecule has 0 unspecified atom stereocenters. The Morgan fingerprint density at radius 1 is 1.00 bits per heavy atom. The minimum Gasteiger partial charge on any atom is -0.273 e. The number of benzene rings is 2. The standard InChI is InChI=1S/C20H19FN4O3/c1-12-3-4-13(2)17(11-12)25-18(26)10-9-16(24-25)20(28)23-22-19(27)14-5-7-15(21)8-6-14/h3-8,11H,9-10H2,1-2H3,(H,22,27)(H,23,28). The van der Waals surface area contributed by atoms with Gasteiger partial charge in [0.25, 0.3) is 11.8 Å². The molecule has 1 aliphatic heterocycles. The smallest absolute Gasteiger partial charge is 0.273 e. The molecule has 0 aromatic heterocycles. The number of nitrogens with one attached hydrogen (secondary N) is 2. The molecule has 1 heterocycles. The predicted octanol–water partition coefficient (Wildman–Crippen LogP) is 2.39. The first-order valence-corrected chi connectivity index (χ1v) is 8.69. The van der Waals surface area contributed by atoms with Gasteiger partial charge < -0.3 is 0 Å². The van der Waals surface area contributed by atoms with Crippen LogP contribution in [0.1, 0.15) is 34.3 Å². The SMILES string of the molecule is Cc1ccc(C)c(N2N=C(C(=O)NNC(=O)c3ccc(F)cc3)CCC2=O)c1. The number of amides is 3. The van der Waals surface area contributed by atoms with Gasteiger partial charge in [-0.05, 0) is 55.3 Å². The van der Waals surface area contributed by atoms with E-state index in [1.807, 2.05) is 32.0 Å². The molecule has 0 aliphatic carbocycles. The van der Waals surface area contributed by atoms with Crippen LogP contribution in [0.15, 0.2) is 47.6 Å². The molecule has 0 saturated heterocycles. The van der Waals surface area contributed by atoms with E-state index in [0.717, 1.165) is 23.3 Å². The number of hydrazine groups is 1. The van der Waals surface area contributed by atoms with Gasteiger partial charge in [0.2, 0.25) is 5.91 Å². The van der Waals surface area contributed by atoms with Crippen LogP contribution in [0.2, 0.25) is 0 Å². The summed E-state index contributed by atoms with van der Waals surface area (Å²) in [4.78, 5) is 36.7. The lowest BCUT2D eigenvalue weighted by Crippen LogP contribution is -2.47. The van der Waals surface area contributed by atoms with E-state index in [2.05, 4.69) is 16.0 Å². The molecule has 0 radical (unpaired) electrons. The Hall–Kier alpha value is -3.55. The molecule has 0 saturated carbocycles. The second-order valence-electron chi connectivity index (χ2n) is 6.46. The predicted molar refractivity (Wildman–Crippen MR) is 102 cm³/mol. The highest BCUT2D eigenvalue weighted by molar-refractivity contribution is 6.40. The lowest BCUT2D eigenvalue weighted by atomic mass is 10.1. The normalized spacial score (nSPS) is 13.8. The van der Waals surface area contributed by atoms with Crippen molar-refractivity contribution in [1.29, 1.82) is 0 Å². The zero-order chi connectivity index (χ0) is 20.3. The topological polar surface area (TPSA) is 90.9 Å². The summed E-state index contributed by atoms with van der Waals surface area (Å²) in [6, 6.07) is 10.5. The van der Waals surface area contributed by atoms with Gasteiger partial charge in [-0.1, -0.05) is 12.1 Å². The molecule has 2 aromatic carbocycles. The number of aryl methyl sites for hydroxylation is 2. The van der Waals surface area contributed by atoms with Crippen molar-refractivity contribution in [2.45, 2.75) is 26.7 Å². The van der Waals surface area contributed by atoms with Crippen molar-refractivity contribution in [3.05, 3.63) is 65.0 Å². The molecule has 28 heavy (non-hydrogen) atoms. The third-order valence-corrected chi connectivity index (χ3v) is 4.28. The first-order valence-electron chi connectivity index (χ1n) is 8.69. The number of carbonyl (C=O) groups is 3. The van der Waals surface area contributed by atoms with Gasteiger partial charge in [-0.15, -0.1) is 0 Å². The number of hydrogen-bond acceptors (Lipinski definition) is 4. The monoisotopic (exact) mass is 382 g/mol. The van der Waals surface area contributed by atoms with Crippen LogP contribution in [0, 0.1) is 19.7 Å². The summed E-state index contributed by atoms with van der Waals surface area (Å²) in [7, 11) is 0. The number of hydrogen-bond donors (Lipinski definition) is 2. The lowest BCUT2D eigenvalue weighted by Gasteiger charge is -2.24. The summed E-state index contributed by atoms with van der Waals surface area (Å²) < 4.78 is 12.9.